The first kappa shape index (κ1) is 10.7. The monoisotopic (exact) mass is 257 g/mol. The van der Waals surface area contributed by atoms with E-state index in [1.54, 1.807) is 6.07 Å². The van der Waals surface area contributed by atoms with Crippen LogP contribution in [0.15, 0.2) is 12.1 Å². The molecule has 0 amide bonds. The number of hydrogen-bond acceptors (Lipinski definition) is 2. The van der Waals surface area contributed by atoms with Crippen molar-refractivity contribution in [2.24, 2.45) is 0 Å². The average Bonchev–Trinajstić information content (AvgIpc) is 2.15. The fraction of sp³-hybridized carbons (Fsp3) is 0.111. The molecule has 0 bridgehead atoms. The van der Waals surface area contributed by atoms with Crippen LogP contribution in [-0.2, 0) is 5.33 Å². The van der Waals surface area contributed by atoms with Crippen molar-refractivity contribution in [1.29, 1.82) is 5.26 Å². The molecule has 1 rings (SSSR count). The summed E-state index contributed by atoms with van der Waals surface area (Å²) in [5, 5.41) is 17.6. The highest BCUT2D eigenvalue weighted by atomic mass is 79.9. The van der Waals surface area contributed by atoms with E-state index in [1.807, 2.05) is 0 Å². The van der Waals surface area contributed by atoms with Gasteiger partial charge in [0.1, 0.15) is 17.4 Å². The summed E-state index contributed by atoms with van der Waals surface area (Å²) < 4.78 is 13.2. The van der Waals surface area contributed by atoms with Gasteiger partial charge in [-0.1, -0.05) is 15.9 Å². The van der Waals surface area contributed by atoms with E-state index < -0.39 is 17.3 Å². The Morgan fingerprint density at radius 1 is 1.64 bits per heavy atom. The summed E-state index contributed by atoms with van der Waals surface area (Å²) >= 11 is 3.09. The van der Waals surface area contributed by atoms with Crippen LogP contribution in [-0.4, -0.2) is 11.1 Å². The summed E-state index contributed by atoms with van der Waals surface area (Å²) in [6.07, 6.45) is 0. The summed E-state index contributed by atoms with van der Waals surface area (Å²) in [5.41, 5.74) is -0.201. The Kier molecular flexibility index (Phi) is 3.20. The van der Waals surface area contributed by atoms with E-state index in [0.29, 0.717) is 10.9 Å². The third kappa shape index (κ3) is 1.91. The van der Waals surface area contributed by atoms with E-state index in [1.165, 1.54) is 6.07 Å². The Morgan fingerprint density at radius 3 is 2.71 bits per heavy atom. The van der Waals surface area contributed by atoms with Gasteiger partial charge in [0.15, 0.2) is 0 Å². The molecule has 0 saturated heterocycles. The number of nitriles is 1. The van der Waals surface area contributed by atoms with Gasteiger partial charge in [-0.15, -0.1) is 0 Å². The molecule has 3 nitrogen and oxygen atoms in total. The largest absolute Gasteiger partial charge is 0.478 e. The third-order valence-electron chi connectivity index (χ3n) is 1.64. The maximum absolute atomic E-state index is 13.2. The zero-order valence-corrected chi connectivity index (χ0v) is 8.51. The third-order valence-corrected chi connectivity index (χ3v) is 2.29. The molecule has 0 aliphatic heterocycles. The minimum atomic E-state index is -1.43. The molecule has 1 aromatic rings. The zero-order chi connectivity index (χ0) is 10.7. The number of alkyl halides is 1. The number of nitrogens with zero attached hydrogens (tertiary/aromatic N) is 1. The van der Waals surface area contributed by atoms with Crippen LogP contribution in [0.5, 0.6) is 0 Å². The van der Waals surface area contributed by atoms with Gasteiger partial charge < -0.3 is 5.11 Å². The number of aromatic carboxylic acids is 1. The fourth-order valence-electron chi connectivity index (χ4n) is 1.05. The van der Waals surface area contributed by atoms with Crippen molar-refractivity contribution in [1.82, 2.24) is 0 Å². The van der Waals surface area contributed by atoms with Crippen molar-refractivity contribution >= 4 is 21.9 Å². The maximum Gasteiger partial charge on any atom is 0.340 e. The number of benzene rings is 1. The van der Waals surface area contributed by atoms with Gasteiger partial charge in [0.25, 0.3) is 0 Å². The summed E-state index contributed by atoms with van der Waals surface area (Å²) in [6, 6.07) is 4.10. The predicted molar refractivity (Wildman–Crippen MR) is 50.7 cm³/mol. The quantitative estimate of drug-likeness (QED) is 0.828. The smallest absolute Gasteiger partial charge is 0.340 e. The highest BCUT2D eigenvalue weighted by Gasteiger charge is 2.16. The second-order valence-corrected chi connectivity index (χ2v) is 3.11. The molecule has 0 heterocycles. The molecule has 0 radical (unpaired) electrons. The van der Waals surface area contributed by atoms with Gasteiger partial charge in [-0.2, -0.15) is 5.26 Å². The molecule has 0 unspecified atom stereocenters. The fourth-order valence-corrected chi connectivity index (χ4v) is 1.37. The van der Waals surface area contributed by atoms with Gasteiger partial charge in [0.2, 0.25) is 0 Å². The average molecular weight is 258 g/mol. The molecular formula is C9H5BrFNO2. The normalized spacial score (nSPS) is 9.50. The molecule has 5 heteroatoms. The lowest BCUT2D eigenvalue weighted by Crippen LogP contribution is -2.05. The highest BCUT2D eigenvalue weighted by molar-refractivity contribution is 9.08. The summed E-state index contributed by atoms with van der Waals surface area (Å²) in [6.45, 7) is 0. The predicted octanol–water partition coefficient (Wildman–Crippen LogP) is 2.29. The number of rotatable bonds is 2. The van der Waals surface area contributed by atoms with Crippen molar-refractivity contribution < 1.29 is 14.3 Å². The van der Waals surface area contributed by atoms with Crippen LogP contribution in [0.25, 0.3) is 0 Å². The van der Waals surface area contributed by atoms with Gasteiger partial charge in [-0.05, 0) is 17.7 Å². The molecule has 0 fully saturated rings. The Balaban J connectivity index is 3.44. The second kappa shape index (κ2) is 4.20. The molecule has 1 aromatic carbocycles. The highest BCUT2D eigenvalue weighted by Crippen LogP contribution is 2.17. The number of hydrogen-bond donors (Lipinski definition) is 1. The number of carboxylic acid groups (broad SMARTS) is 1. The SMILES string of the molecule is N#Cc1cc(CBr)cc(F)c1C(=O)O. The zero-order valence-electron chi connectivity index (χ0n) is 6.92. The molecule has 1 N–H and O–H groups in total. The topological polar surface area (TPSA) is 61.1 Å². The first-order chi connectivity index (χ1) is 6.60. The van der Waals surface area contributed by atoms with E-state index in [9.17, 15) is 9.18 Å². The van der Waals surface area contributed by atoms with Gasteiger partial charge >= 0.3 is 5.97 Å². The standard InChI is InChI=1S/C9H5BrFNO2/c10-3-5-1-6(4-12)8(9(13)14)7(11)2-5/h1-2H,3H2,(H,13,14). The first-order valence-corrected chi connectivity index (χ1v) is 4.74. The van der Waals surface area contributed by atoms with Crippen molar-refractivity contribution in [3.63, 3.8) is 0 Å². The summed E-state index contributed by atoms with van der Waals surface area (Å²) in [7, 11) is 0. The molecule has 0 atom stereocenters. The Labute approximate surface area is 87.9 Å². The van der Waals surface area contributed by atoms with Crippen molar-refractivity contribution in [2.75, 3.05) is 0 Å². The van der Waals surface area contributed by atoms with Crippen LogP contribution in [0.4, 0.5) is 4.39 Å². The molecule has 0 aromatic heterocycles. The Hall–Kier alpha value is -1.41. The molecule has 72 valence electrons. The summed E-state index contributed by atoms with van der Waals surface area (Å²) in [5.74, 6) is -2.31. The second-order valence-electron chi connectivity index (χ2n) is 2.55. The van der Waals surface area contributed by atoms with Gasteiger partial charge in [0, 0.05) is 5.33 Å². The van der Waals surface area contributed by atoms with Crippen molar-refractivity contribution in [2.45, 2.75) is 5.33 Å². The van der Waals surface area contributed by atoms with Crippen LogP contribution in [0, 0.1) is 17.1 Å². The number of carboxylic acids is 1. The van der Waals surface area contributed by atoms with Crippen LogP contribution < -0.4 is 0 Å². The van der Waals surface area contributed by atoms with Crippen LogP contribution in [0.2, 0.25) is 0 Å². The molecular weight excluding hydrogens is 253 g/mol. The lowest BCUT2D eigenvalue weighted by atomic mass is 10.0. The van der Waals surface area contributed by atoms with Crippen molar-refractivity contribution in [3.05, 3.63) is 34.6 Å². The first-order valence-electron chi connectivity index (χ1n) is 3.62. The van der Waals surface area contributed by atoms with Crippen LogP contribution in [0.3, 0.4) is 0 Å². The molecule has 0 aliphatic rings. The minimum Gasteiger partial charge on any atom is -0.478 e. The lowest BCUT2D eigenvalue weighted by Gasteiger charge is -2.02. The van der Waals surface area contributed by atoms with Gasteiger partial charge in [-0.25, -0.2) is 9.18 Å². The van der Waals surface area contributed by atoms with E-state index in [2.05, 4.69) is 15.9 Å². The molecule has 0 spiro atoms. The lowest BCUT2D eigenvalue weighted by molar-refractivity contribution is 0.0691. The summed E-state index contributed by atoms with van der Waals surface area (Å²) in [4.78, 5) is 10.6. The Morgan fingerprint density at radius 2 is 2.29 bits per heavy atom. The molecule has 0 saturated carbocycles. The number of halogens is 2. The molecule has 0 aliphatic carbocycles. The van der Waals surface area contributed by atoms with E-state index >= 15 is 0 Å². The number of carbonyl (C=O) groups is 1. The van der Waals surface area contributed by atoms with E-state index in [0.717, 1.165) is 6.07 Å². The van der Waals surface area contributed by atoms with Crippen LogP contribution >= 0.6 is 15.9 Å². The van der Waals surface area contributed by atoms with Gasteiger partial charge in [0.05, 0.1) is 5.56 Å². The minimum absolute atomic E-state index is 0.160. The van der Waals surface area contributed by atoms with Gasteiger partial charge in [-0.3, -0.25) is 0 Å². The maximum atomic E-state index is 13.2. The van der Waals surface area contributed by atoms with Crippen LogP contribution in [0.1, 0.15) is 21.5 Å². The van der Waals surface area contributed by atoms with E-state index in [4.69, 9.17) is 10.4 Å². The van der Waals surface area contributed by atoms with Crippen molar-refractivity contribution in [3.8, 4) is 6.07 Å². The van der Waals surface area contributed by atoms with E-state index in [-0.39, 0.29) is 5.56 Å². The Bertz CT molecular complexity index is 426. The molecule has 14 heavy (non-hydrogen) atoms.